The number of aromatic nitrogens is 1. The van der Waals surface area contributed by atoms with Crippen LogP contribution in [-0.2, 0) is 4.79 Å². The number of nitrogens with zero attached hydrogens (tertiary/aromatic N) is 1. The van der Waals surface area contributed by atoms with Crippen LogP contribution in [0.25, 0.3) is 0 Å². The Morgan fingerprint density at radius 3 is 2.58 bits per heavy atom. The predicted molar refractivity (Wildman–Crippen MR) is 65.0 cm³/mol. The summed E-state index contributed by atoms with van der Waals surface area (Å²) in [4.78, 5) is 37.4. The molecule has 0 aromatic carbocycles. The Morgan fingerprint density at radius 2 is 2.05 bits per heavy atom. The van der Waals surface area contributed by atoms with Gasteiger partial charge in [0.2, 0.25) is 0 Å². The van der Waals surface area contributed by atoms with Gasteiger partial charge < -0.3 is 15.1 Å². The van der Waals surface area contributed by atoms with E-state index in [1.807, 2.05) is 0 Å². The lowest BCUT2D eigenvalue weighted by molar-refractivity contribution is -0.137. The first-order chi connectivity index (χ1) is 8.95. The number of amides is 1. The molecule has 0 unspecified atom stereocenters. The van der Waals surface area contributed by atoms with Crippen LogP contribution in [0.5, 0.6) is 5.88 Å². The fourth-order valence-corrected chi connectivity index (χ4v) is 1.83. The number of nitrogens with one attached hydrogen (secondary N) is 1. The van der Waals surface area contributed by atoms with Crippen LogP contribution < -0.4 is 5.56 Å². The van der Waals surface area contributed by atoms with Gasteiger partial charge in [0.05, 0.1) is 5.56 Å². The second kappa shape index (κ2) is 5.13. The van der Waals surface area contributed by atoms with Gasteiger partial charge in [-0.1, -0.05) is 0 Å². The minimum absolute atomic E-state index is 0.0110. The highest BCUT2D eigenvalue weighted by atomic mass is 16.4. The Morgan fingerprint density at radius 1 is 1.37 bits per heavy atom. The highest BCUT2D eigenvalue weighted by molar-refractivity contribution is 5.96. The zero-order valence-electron chi connectivity index (χ0n) is 10.1. The quantitative estimate of drug-likeness (QED) is 0.695. The predicted octanol–water partition coefficient (Wildman–Crippen LogP) is 0.0173. The molecule has 7 heteroatoms. The molecule has 0 saturated heterocycles. The number of hydrogen-bond donors (Lipinski definition) is 3. The number of aliphatic carboxylic acids is 1. The Labute approximate surface area is 108 Å². The number of carboxylic acids is 1. The van der Waals surface area contributed by atoms with Gasteiger partial charge in [-0.2, -0.15) is 0 Å². The Balaban J connectivity index is 2.21. The first kappa shape index (κ1) is 13.1. The average molecular weight is 266 g/mol. The van der Waals surface area contributed by atoms with E-state index in [0.717, 1.165) is 25.0 Å². The molecule has 0 bridgehead atoms. The maximum atomic E-state index is 12.1. The molecule has 0 spiro atoms. The Hall–Kier alpha value is -2.31. The minimum atomic E-state index is -1.11. The van der Waals surface area contributed by atoms with Crippen molar-refractivity contribution in [3.8, 4) is 5.88 Å². The second-order valence-electron chi connectivity index (χ2n) is 4.64. The topological polar surface area (TPSA) is 111 Å². The SMILES string of the molecule is O=C(O)CN(CC1CC1)C(=O)c1cc(O)[nH]c(=O)c1. The summed E-state index contributed by atoms with van der Waals surface area (Å²) in [6, 6.07) is 2.16. The maximum Gasteiger partial charge on any atom is 0.323 e. The lowest BCUT2D eigenvalue weighted by Crippen LogP contribution is -2.37. The van der Waals surface area contributed by atoms with Gasteiger partial charge in [0.15, 0.2) is 5.88 Å². The van der Waals surface area contributed by atoms with Crippen molar-refractivity contribution in [3.63, 3.8) is 0 Å². The molecule has 0 aliphatic heterocycles. The van der Waals surface area contributed by atoms with Gasteiger partial charge in [-0.3, -0.25) is 19.4 Å². The molecule has 2 rings (SSSR count). The lowest BCUT2D eigenvalue weighted by Gasteiger charge is -2.20. The van der Waals surface area contributed by atoms with Crippen molar-refractivity contribution >= 4 is 11.9 Å². The van der Waals surface area contributed by atoms with E-state index in [4.69, 9.17) is 5.11 Å². The molecule has 102 valence electrons. The molecule has 1 fully saturated rings. The van der Waals surface area contributed by atoms with Crippen LogP contribution in [0.4, 0.5) is 0 Å². The molecule has 1 aromatic heterocycles. The maximum absolute atomic E-state index is 12.1. The number of pyridine rings is 1. The lowest BCUT2D eigenvalue weighted by atomic mass is 10.2. The highest BCUT2D eigenvalue weighted by Crippen LogP contribution is 2.30. The summed E-state index contributed by atoms with van der Waals surface area (Å²) in [5.41, 5.74) is -0.617. The Bertz CT molecular complexity index is 561. The molecular weight excluding hydrogens is 252 g/mol. The minimum Gasteiger partial charge on any atom is -0.494 e. The van der Waals surface area contributed by atoms with E-state index in [0.29, 0.717) is 12.5 Å². The van der Waals surface area contributed by atoms with Crippen molar-refractivity contribution in [2.75, 3.05) is 13.1 Å². The molecule has 0 radical (unpaired) electrons. The van der Waals surface area contributed by atoms with Crippen LogP contribution in [0, 0.1) is 5.92 Å². The van der Waals surface area contributed by atoms with Gasteiger partial charge in [-0.05, 0) is 18.8 Å². The van der Waals surface area contributed by atoms with Crippen molar-refractivity contribution in [2.45, 2.75) is 12.8 Å². The summed E-state index contributed by atoms with van der Waals surface area (Å²) >= 11 is 0. The summed E-state index contributed by atoms with van der Waals surface area (Å²) < 4.78 is 0. The molecular formula is C12H14N2O5. The number of hydrogen-bond acceptors (Lipinski definition) is 4. The van der Waals surface area contributed by atoms with Gasteiger partial charge in [-0.25, -0.2) is 0 Å². The number of carboxylic acid groups (broad SMARTS) is 1. The van der Waals surface area contributed by atoms with E-state index in [9.17, 15) is 19.5 Å². The summed E-state index contributed by atoms with van der Waals surface area (Å²) in [7, 11) is 0. The van der Waals surface area contributed by atoms with Crippen molar-refractivity contribution in [3.05, 3.63) is 28.0 Å². The van der Waals surface area contributed by atoms with E-state index < -0.39 is 29.9 Å². The largest absolute Gasteiger partial charge is 0.494 e. The van der Waals surface area contributed by atoms with Gasteiger partial charge in [-0.15, -0.1) is 0 Å². The van der Waals surface area contributed by atoms with E-state index >= 15 is 0 Å². The van der Waals surface area contributed by atoms with Gasteiger partial charge in [0.25, 0.3) is 11.5 Å². The van der Waals surface area contributed by atoms with E-state index in [2.05, 4.69) is 4.98 Å². The standard InChI is InChI=1S/C12H14N2O5/c15-9-3-8(4-10(16)13-9)12(19)14(6-11(17)18)5-7-1-2-7/h3-4,7H,1-2,5-6H2,(H,17,18)(H2,13,15,16). The van der Waals surface area contributed by atoms with Crippen molar-refractivity contribution < 1.29 is 19.8 Å². The normalized spacial score (nSPS) is 14.1. The summed E-state index contributed by atoms with van der Waals surface area (Å²) in [5, 5.41) is 18.1. The van der Waals surface area contributed by atoms with Gasteiger partial charge in [0.1, 0.15) is 6.54 Å². The van der Waals surface area contributed by atoms with Crippen LogP contribution in [0.15, 0.2) is 16.9 Å². The Kier molecular flexibility index (Phi) is 3.55. The number of aromatic amines is 1. The van der Waals surface area contributed by atoms with Gasteiger partial charge >= 0.3 is 5.97 Å². The monoisotopic (exact) mass is 266 g/mol. The van der Waals surface area contributed by atoms with Crippen LogP contribution in [0.1, 0.15) is 23.2 Å². The fraction of sp³-hybridized carbons (Fsp3) is 0.417. The smallest absolute Gasteiger partial charge is 0.323 e. The number of aromatic hydroxyl groups is 1. The van der Waals surface area contributed by atoms with E-state index in [1.54, 1.807) is 0 Å². The molecule has 1 aliphatic rings. The van der Waals surface area contributed by atoms with Crippen molar-refractivity contribution in [2.24, 2.45) is 5.92 Å². The summed E-state index contributed by atoms with van der Waals surface area (Å²) in [6.45, 7) is -0.0540. The molecule has 19 heavy (non-hydrogen) atoms. The number of carbonyl (C=O) groups is 2. The number of H-pyrrole nitrogens is 1. The fourth-order valence-electron chi connectivity index (χ4n) is 1.83. The molecule has 1 aliphatic carbocycles. The summed E-state index contributed by atoms with van der Waals surface area (Å²) in [5.74, 6) is -1.75. The van der Waals surface area contributed by atoms with Crippen molar-refractivity contribution in [1.29, 1.82) is 0 Å². The average Bonchev–Trinajstić information content (AvgIpc) is 3.09. The molecule has 3 N–H and O–H groups in total. The third kappa shape index (κ3) is 3.57. The highest BCUT2D eigenvalue weighted by Gasteiger charge is 2.28. The molecule has 1 aromatic rings. The van der Waals surface area contributed by atoms with E-state index in [1.165, 1.54) is 4.90 Å². The van der Waals surface area contributed by atoms with E-state index in [-0.39, 0.29) is 5.56 Å². The van der Waals surface area contributed by atoms with Crippen LogP contribution in [0.2, 0.25) is 0 Å². The summed E-state index contributed by atoms with van der Waals surface area (Å²) in [6.07, 6.45) is 1.95. The number of rotatable bonds is 5. The number of carbonyl (C=O) groups excluding carboxylic acids is 1. The molecule has 1 heterocycles. The zero-order valence-corrected chi connectivity index (χ0v) is 10.1. The molecule has 1 amide bonds. The van der Waals surface area contributed by atoms with Crippen molar-refractivity contribution in [1.82, 2.24) is 9.88 Å². The molecule has 7 nitrogen and oxygen atoms in total. The molecule has 0 atom stereocenters. The van der Waals surface area contributed by atoms with Crippen LogP contribution in [0.3, 0.4) is 0 Å². The first-order valence-corrected chi connectivity index (χ1v) is 5.90. The van der Waals surface area contributed by atoms with Crippen LogP contribution in [-0.4, -0.2) is 45.1 Å². The van der Waals surface area contributed by atoms with Gasteiger partial charge in [0, 0.05) is 18.7 Å². The third-order valence-electron chi connectivity index (χ3n) is 2.87. The van der Waals surface area contributed by atoms with Crippen LogP contribution >= 0.6 is 0 Å². The second-order valence-corrected chi connectivity index (χ2v) is 4.64. The third-order valence-corrected chi connectivity index (χ3v) is 2.87. The first-order valence-electron chi connectivity index (χ1n) is 5.90. The molecule has 1 saturated carbocycles. The zero-order chi connectivity index (χ0) is 14.0.